The summed E-state index contributed by atoms with van der Waals surface area (Å²) in [5.41, 5.74) is 6.99. The number of benzene rings is 3. The van der Waals surface area contributed by atoms with Gasteiger partial charge in [-0.25, -0.2) is 9.98 Å². The topological polar surface area (TPSA) is 30.2 Å². The molecule has 3 nitrogen and oxygen atoms in total. The maximum absolute atomic E-state index is 4.67. The molecular weight excluding hydrogens is 374 g/mol. The molecule has 0 aliphatic rings. The Hall–Kier alpha value is -3.24. The van der Waals surface area contributed by atoms with Gasteiger partial charge in [-0.15, -0.1) is 11.3 Å². The van der Waals surface area contributed by atoms with Gasteiger partial charge in [0.1, 0.15) is 0 Å². The summed E-state index contributed by atoms with van der Waals surface area (Å²) >= 11 is 1.57. The summed E-state index contributed by atoms with van der Waals surface area (Å²) in [6.45, 7) is 5.24. The summed E-state index contributed by atoms with van der Waals surface area (Å²) in [4.78, 5) is 9.30. The molecule has 0 atom stereocenters. The number of rotatable bonds is 4. The van der Waals surface area contributed by atoms with E-state index in [-0.39, 0.29) is 0 Å². The van der Waals surface area contributed by atoms with Crippen LogP contribution < -0.4 is 0 Å². The Kier molecular flexibility index (Phi) is 4.49. The van der Waals surface area contributed by atoms with Crippen LogP contribution in [0.25, 0.3) is 33.1 Å². The number of hydrogen-bond donors (Lipinski definition) is 0. The van der Waals surface area contributed by atoms with Crippen molar-refractivity contribution in [3.8, 4) is 11.3 Å². The first kappa shape index (κ1) is 17.8. The Labute approximate surface area is 174 Å². The normalized spacial score (nSPS) is 11.8. The van der Waals surface area contributed by atoms with E-state index in [1.54, 1.807) is 11.3 Å². The molecule has 5 aromatic rings. The third kappa shape index (κ3) is 3.26. The number of aryl methyl sites for hydroxylation is 2. The van der Waals surface area contributed by atoms with Gasteiger partial charge >= 0.3 is 0 Å². The van der Waals surface area contributed by atoms with E-state index in [1.165, 1.54) is 27.4 Å². The lowest BCUT2D eigenvalue weighted by atomic mass is 10.1. The van der Waals surface area contributed by atoms with E-state index in [0.717, 1.165) is 28.5 Å². The number of aromatic nitrogens is 2. The summed E-state index contributed by atoms with van der Waals surface area (Å²) in [6, 6.07) is 23.6. The average Bonchev–Trinajstić information content (AvgIpc) is 3.35. The quantitative estimate of drug-likeness (QED) is 0.301. The molecule has 0 N–H and O–H groups in total. The first-order valence-electron chi connectivity index (χ1n) is 9.80. The van der Waals surface area contributed by atoms with Gasteiger partial charge in [-0.1, -0.05) is 54.1 Å². The summed E-state index contributed by atoms with van der Waals surface area (Å²) in [7, 11) is 0. The molecule has 5 rings (SSSR count). The van der Waals surface area contributed by atoms with E-state index < -0.39 is 0 Å². The van der Waals surface area contributed by atoms with Crippen molar-refractivity contribution in [1.82, 2.24) is 9.55 Å². The number of nitrogens with zero attached hydrogens (tertiary/aromatic N) is 3. The zero-order valence-electron chi connectivity index (χ0n) is 16.5. The largest absolute Gasteiger partial charge is 0.341 e. The van der Waals surface area contributed by atoms with Crippen LogP contribution in [0.1, 0.15) is 18.1 Å². The molecule has 0 radical (unpaired) electrons. The Morgan fingerprint density at radius 2 is 1.76 bits per heavy atom. The van der Waals surface area contributed by atoms with Crippen LogP contribution in [-0.2, 0) is 6.54 Å². The van der Waals surface area contributed by atoms with E-state index in [9.17, 15) is 0 Å². The lowest BCUT2D eigenvalue weighted by molar-refractivity contribution is 0.827. The number of fused-ring (bicyclic) bond motifs is 3. The SMILES string of the molecule is CCn1c2ccccc2c2cc(/C=N/c3nc(-c4ccc(C)cc4)cs3)ccc21. The molecule has 0 bridgehead atoms. The number of thiazole rings is 1. The molecule has 0 saturated heterocycles. The van der Waals surface area contributed by atoms with Crippen LogP contribution >= 0.6 is 11.3 Å². The molecule has 0 saturated carbocycles. The van der Waals surface area contributed by atoms with Crippen molar-refractivity contribution >= 4 is 44.5 Å². The van der Waals surface area contributed by atoms with Crippen LogP contribution in [0, 0.1) is 6.92 Å². The summed E-state index contributed by atoms with van der Waals surface area (Å²) in [6.07, 6.45) is 1.91. The van der Waals surface area contributed by atoms with Crippen molar-refractivity contribution in [2.24, 2.45) is 4.99 Å². The van der Waals surface area contributed by atoms with Crippen LogP contribution in [0.3, 0.4) is 0 Å². The van der Waals surface area contributed by atoms with Gasteiger partial charge in [-0.2, -0.15) is 0 Å². The van der Waals surface area contributed by atoms with E-state index in [4.69, 9.17) is 0 Å². The molecule has 0 aliphatic heterocycles. The predicted molar refractivity (Wildman–Crippen MR) is 125 cm³/mol. The van der Waals surface area contributed by atoms with Gasteiger partial charge < -0.3 is 4.57 Å². The molecular formula is C25H21N3S. The van der Waals surface area contributed by atoms with Gasteiger partial charge in [0.25, 0.3) is 0 Å². The van der Waals surface area contributed by atoms with Gasteiger partial charge in [0, 0.05) is 45.5 Å². The molecule has 2 aromatic heterocycles. The van der Waals surface area contributed by atoms with E-state index >= 15 is 0 Å². The second-order valence-electron chi connectivity index (χ2n) is 7.18. The molecule has 0 unspecified atom stereocenters. The van der Waals surface area contributed by atoms with Crippen molar-refractivity contribution in [2.75, 3.05) is 0 Å². The summed E-state index contributed by atoms with van der Waals surface area (Å²) in [5, 5.41) is 5.40. The van der Waals surface area contributed by atoms with Crippen molar-refractivity contribution in [3.63, 3.8) is 0 Å². The lowest BCUT2D eigenvalue weighted by Crippen LogP contribution is -1.92. The second-order valence-corrected chi connectivity index (χ2v) is 8.01. The first-order valence-corrected chi connectivity index (χ1v) is 10.7. The highest BCUT2D eigenvalue weighted by molar-refractivity contribution is 7.13. The summed E-state index contributed by atoms with van der Waals surface area (Å²) in [5.74, 6) is 0. The molecule has 4 heteroatoms. The van der Waals surface area contributed by atoms with Crippen LogP contribution in [0.2, 0.25) is 0 Å². The van der Waals surface area contributed by atoms with E-state index in [2.05, 4.69) is 101 Å². The molecule has 3 aromatic carbocycles. The Morgan fingerprint density at radius 3 is 2.59 bits per heavy atom. The molecule has 0 fully saturated rings. The number of aliphatic imine (C=N–C) groups is 1. The van der Waals surface area contributed by atoms with Crippen LogP contribution in [0.15, 0.2) is 77.1 Å². The highest BCUT2D eigenvalue weighted by Crippen LogP contribution is 2.30. The monoisotopic (exact) mass is 395 g/mol. The maximum Gasteiger partial charge on any atom is 0.209 e. The Balaban J connectivity index is 1.48. The lowest BCUT2D eigenvalue weighted by Gasteiger charge is -2.02. The summed E-state index contributed by atoms with van der Waals surface area (Å²) < 4.78 is 2.36. The van der Waals surface area contributed by atoms with Gasteiger partial charge in [0.15, 0.2) is 0 Å². The molecule has 0 spiro atoms. The fraction of sp³-hybridized carbons (Fsp3) is 0.120. The Bertz CT molecular complexity index is 1340. The highest BCUT2D eigenvalue weighted by atomic mass is 32.1. The minimum absolute atomic E-state index is 0.775. The van der Waals surface area contributed by atoms with Crippen molar-refractivity contribution < 1.29 is 0 Å². The fourth-order valence-electron chi connectivity index (χ4n) is 3.80. The molecule has 29 heavy (non-hydrogen) atoms. The van der Waals surface area contributed by atoms with Crippen LogP contribution in [-0.4, -0.2) is 15.8 Å². The predicted octanol–water partition coefficient (Wildman–Crippen LogP) is 7.00. The van der Waals surface area contributed by atoms with Crippen molar-refractivity contribution in [3.05, 3.63) is 83.2 Å². The average molecular weight is 396 g/mol. The maximum atomic E-state index is 4.67. The minimum atomic E-state index is 0.775. The zero-order valence-corrected chi connectivity index (χ0v) is 17.3. The molecule has 0 amide bonds. The number of para-hydroxylation sites is 1. The minimum Gasteiger partial charge on any atom is -0.341 e. The zero-order chi connectivity index (χ0) is 19.8. The van der Waals surface area contributed by atoms with Crippen molar-refractivity contribution in [1.29, 1.82) is 0 Å². The molecule has 2 heterocycles. The van der Waals surface area contributed by atoms with Crippen LogP contribution in [0.5, 0.6) is 0 Å². The molecule has 0 aliphatic carbocycles. The van der Waals surface area contributed by atoms with Gasteiger partial charge in [-0.05, 0) is 37.6 Å². The van der Waals surface area contributed by atoms with E-state index in [1.807, 2.05) is 6.21 Å². The fourth-order valence-corrected chi connectivity index (χ4v) is 4.47. The first-order chi connectivity index (χ1) is 14.2. The Morgan fingerprint density at radius 1 is 0.966 bits per heavy atom. The van der Waals surface area contributed by atoms with Crippen molar-refractivity contribution in [2.45, 2.75) is 20.4 Å². The van der Waals surface area contributed by atoms with Gasteiger partial charge in [0.05, 0.1) is 5.69 Å². The van der Waals surface area contributed by atoms with E-state index in [0.29, 0.717) is 0 Å². The standard InChI is InChI=1S/C25H21N3S/c1-3-28-23-7-5-4-6-20(23)21-14-18(10-13-24(21)28)15-26-25-27-22(16-29-25)19-11-8-17(2)9-12-19/h4-16H,3H2,1-2H3/b26-15+. The highest BCUT2D eigenvalue weighted by Gasteiger charge is 2.09. The number of hydrogen-bond acceptors (Lipinski definition) is 3. The van der Waals surface area contributed by atoms with Gasteiger partial charge in [-0.3, -0.25) is 0 Å². The smallest absolute Gasteiger partial charge is 0.209 e. The molecule has 142 valence electrons. The van der Waals surface area contributed by atoms with Crippen LogP contribution in [0.4, 0.5) is 5.13 Å². The van der Waals surface area contributed by atoms with Gasteiger partial charge in [0.2, 0.25) is 5.13 Å². The second kappa shape index (κ2) is 7.30. The third-order valence-electron chi connectivity index (χ3n) is 5.28. The third-order valence-corrected chi connectivity index (χ3v) is 6.02.